The molecule has 42 heavy (non-hydrogen) atoms. The van der Waals surface area contributed by atoms with Crippen molar-refractivity contribution in [2.45, 2.75) is 12.8 Å². The van der Waals surface area contributed by atoms with E-state index in [-0.39, 0.29) is 11.8 Å². The Morgan fingerprint density at radius 3 is 2.26 bits per heavy atom. The molecule has 2 heterocycles. The van der Waals surface area contributed by atoms with Gasteiger partial charge in [0.25, 0.3) is 17.7 Å². The van der Waals surface area contributed by atoms with Crippen LogP contribution in [0.4, 0.5) is 15.8 Å². The van der Waals surface area contributed by atoms with Gasteiger partial charge in [0.2, 0.25) is 0 Å². The first-order valence-electron chi connectivity index (χ1n) is 14.0. The Labute approximate surface area is 254 Å². The molecule has 3 aromatic carbocycles. The molecule has 0 aromatic heterocycles. The van der Waals surface area contributed by atoms with Crippen LogP contribution in [-0.2, 0) is 0 Å². The number of benzene rings is 3. The fraction of sp³-hybridized carbons (Fsp3) is 0.323. The minimum atomic E-state index is -0.435. The van der Waals surface area contributed by atoms with E-state index in [2.05, 4.69) is 15.5 Å². The summed E-state index contributed by atoms with van der Waals surface area (Å²) in [7, 11) is 0. The number of hydrogen-bond acceptors (Lipinski definition) is 5. The molecule has 0 saturated carbocycles. The molecule has 0 spiro atoms. The molecule has 2 fully saturated rings. The molecule has 0 aliphatic carbocycles. The van der Waals surface area contributed by atoms with Gasteiger partial charge in [-0.25, -0.2) is 4.39 Å². The van der Waals surface area contributed by atoms with Gasteiger partial charge in [-0.3, -0.25) is 14.4 Å². The summed E-state index contributed by atoms with van der Waals surface area (Å²) in [5.41, 5.74) is 2.37. The maximum Gasteiger partial charge on any atom is 0.255 e. The quantitative estimate of drug-likeness (QED) is 0.416. The van der Waals surface area contributed by atoms with Crippen molar-refractivity contribution in [1.29, 1.82) is 0 Å². The van der Waals surface area contributed by atoms with Crippen LogP contribution in [0.1, 0.15) is 43.9 Å². The van der Waals surface area contributed by atoms with Crippen LogP contribution in [0.2, 0.25) is 10.0 Å². The largest absolute Gasteiger partial charge is 0.368 e. The number of anilines is 2. The van der Waals surface area contributed by atoms with Crippen LogP contribution in [0.5, 0.6) is 0 Å². The number of halogens is 3. The van der Waals surface area contributed by atoms with E-state index in [0.717, 1.165) is 25.2 Å². The SMILES string of the molecule is O=C(Nc1cc(C(=O)N2CCCNCC2)ccc1N1CCCN(C(=O)c2ccc(Cl)cc2Cl)CC1)c1ccc(F)cc1. The van der Waals surface area contributed by atoms with Crippen LogP contribution in [-0.4, -0.2) is 79.9 Å². The van der Waals surface area contributed by atoms with Crippen LogP contribution in [0.15, 0.2) is 60.7 Å². The highest BCUT2D eigenvalue weighted by molar-refractivity contribution is 6.36. The van der Waals surface area contributed by atoms with Gasteiger partial charge in [-0.2, -0.15) is 0 Å². The fourth-order valence-electron chi connectivity index (χ4n) is 5.27. The minimum absolute atomic E-state index is 0.102. The standard InChI is InChI=1S/C31H32Cl2FN5O3/c32-23-6-9-25(26(33)20-23)31(42)39-15-2-14-37(17-18-39)28-10-5-22(30(41)38-13-1-11-35-12-16-38)19-27(28)36-29(40)21-3-7-24(34)8-4-21/h3-10,19-20,35H,1-2,11-18H2,(H,36,40). The summed E-state index contributed by atoms with van der Waals surface area (Å²) in [5, 5.41) is 7.02. The van der Waals surface area contributed by atoms with Crippen LogP contribution < -0.4 is 15.5 Å². The van der Waals surface area contributed by atoms with E-state index in [1.807, 2.05) is 11.0 Å². The molecule has 2 aliphatic rings. The summed E-state index contributed by atoms with van der Waals surface area (Å²) in [4.78, 5) is 45.5. The predicted molar refractivity (Wildman–Crippen MR) is 163 cm³/mol. The number of hydrogen-bond donors (Lipinski definition) is 2. The Kier molecular flexibility index (Phi) is 9.62. The molecule has 5 rings (SSSR count). The second-order valence-electron chi connectivity index (χ2n) is 10.3. The Morgan fingerprint density at radius 1 is 0.738 bits per heavy atom. The van der Waals surface area contributed by atoms with Crippen LogP contribution in [0.3, 0.4) is 0 Å². The molecule has 0 radical (unpaired) electrons. The van der Waals surface area contributed by atoms with Gasteiger partial charge in [-0.15, -0.1) is 0 Å². The number of rotatable bonds is 5. The maximum atomic E-state index is 13.5. The number of carbonyl (C=O) groups excluding carboxylic acids is 3. The second kappa shape index (κ2) is 13.5. The molecule has 0 atom stereocenters. The lowest BCUT2D eigenvalue weighted by Gasteiger charge is -2.27. The number of amides is 3. The van der Waals surface area contributed by atoms with E-state index >= 15 is 0 Å². The van der Waals surface area contributed by atoms with Crippen molar-refractivity contribution < 1.29 is 18.8 Å². The summed E-state index contributed by atoms with van der Waals surface area (Å²) in [6.45, 7) is 4.94. The highest BCUT2D eigenvalue weighted by Gasteiger charge is 2.25. The number of nitrogens with one attached hydrogen (secondary N) is 2. The fourth-order valence-corrected chi connectivity index (χ4v) is 5.76. The van der Waals surface area contributed by atoms with Gasteiger partial charge in [-0.05, 0) is 80.1 Å². The van der Waals surface area contributed by atoms with E-state index in [1.165, 1.54) is 24.3 Å². The summed E-state index contributed by atoms with van der Waals surface area (Å²) < 4.78 is 13.5. The molecule has 2 N–H and O–H groups in total. The predicted octanol–water partition coefficient (Wildman–Crippen LogP) is 5.17. The van der Waals surface area contributed by atoms with Gasteiger partial charge in [0.05, 0.1) is 22.0 Å². The lowest BCUT2D eigenvalue weighted by atomic mass is 10.1. The van der Waals surface area contributed by atoms with Crippen LogP contribution in [0.25, 0.3) is 0 Å². The lowest BCUT2D eigenvalue weighted by molar-refractivity contribution is 0.0759. The second-order valence-corrected chi connectivity index (χ2v) is 11.2. The molecule has 2 aliphatic heterocycles. The van der Waals surface area contributed by atoms with Gasteiger partial charge in [0, 0.05) is 62.0 Å². The first-order valence-corrected chi connectivity index (χ1v) is 14.8. The topological polar surface area (TPSA) is 85.0 Å². The van der Waals surface area contributed by atoms with Gasteiger partial charge >= 0.3 is 0 Å². The van der Waals surface area contributed by atoms with Crippen molar-refractivity contribution in [3.63, 3.8) is 0 Å². The van der Waals surface area contributed by atoms with E-state index < -0.39 is 11.7 Å². The molecule has 3 amide bonds. The summed E-state index contributed by atoms with van der Waals surface area (Å²) in [6.07, 6.45) is 1.55. The molecule has 8 nitrogen and oxygen atoms in total. The Hall–Kier alpha value is -3.66. The van der Waals surface area contributed by atoms with Crippen molar-refractivity contribution in [2.24, 2.45) is 0 Å². The zero-order valence-corrected chi connectivity index (χ0v) is 24.6. The van der Waals surface area contributed by atoms with Crippen LogP contribution in [0, 0.1) is 5.82 Å². The molecule has 2 saturated heterocycles. The van der Waals surface area contributed by atoms with Crippen molar-refractivity contribution in [1.82, 2.24) is 15.1 Å². The molecular weight excluding hydrogens is 580 g/mol. The Bertz CT molecular complexity index is 1460. The summed E-state index contributed by atoms with van der Waals surface area (Å²) >= 11 is 12.3. The van der Waals surface area contributed by atoms with Gasteiger partial charge in [0.1, 0.15) is 5.82 Å². The molecule has 11 heteroatoms. The van der Waals surface area contributed by atoms with Crippen molar-refractivity contribution in [3.8, 4) is 0 Å². The third-order valence-corrected chi connectivity index (χ3v) is 8.06. The molecule has 220 valence electrons. The molecule has 3 aromatic rings. The van der Waals surface area contributed by atoms with E-state index in [1.54, 1.807) is 35.2 Å². The molecular formula is C31H32Cl2FN5O3. The monoisotopic (exact) mass is 611 g/mol. The molecule has 0 unspecified atom stereocenters. The van der Waals surface area contributed by atoms with Crippen molar-refractivity contribution in [3.05, 3.63) is 93.2 Å². The van der Waals surface area contributed by atoms with E-state index in [0.29, 0.717) is 78.1 Å². The number of nitrogens with zero attached hydrogens (tertiary/aromatic N) is 3. The zero-order chi connectivity index (χ0) is 29.6. The first kappa shape index (κ1) is 29.8. The van der Waals surface area contributed by atoms with Crippen molar-refractivity contribution in [2.75, 3.05) is 62.6 Å². The van der Waals surface area contributed by atoms with Gasteiger partial charge in [0.15, 0.2) is 0 Å². The summed E-state index contributed by atoms with van der Waals surface area (Å²) in [5.74, 6) is -1.12. The first-order chi connectivity index (χ1) is 20.3. The van der Waals surface area contributed by atoms with Gasteiger partial charge < -0.3 is 25.3 Å². The normalized spacial score (nSPS) is 16.0. The zero-order valence-electron chi connectivity index (χ0n) is 23.0. The highest BCUT2D eigenvalue weighted by Crippen LogP contribution is 2.30. The van der Waals surface area contributed by atoms with E-state index in [4.69, 9.17) is 23.2 Å². The third-order valence-electron chi connectivity index (χ3n) is 7.51. The minimum Gasteiger partial charge on any atom is -0.368 e. The summed E-state index contributed by atoms with van der Waals surface area (Å²) in [6, 6.07) is 15.5. The maximum absolute atomic E-state index is 13.5. The van der Waals surface area contributed by atoms with Crippen molar-refractivity contribution >= 4 is 52.3 Å². The lowest BCUT2D eigenvalue weighted by Crippen LogP contribution is -2.36. The number of carbonyl (C=O) groups is 3. The third kappa shape index (κ3) is 7.03. The molecule has 0 bridgehead atoms. The Balaban J connectivity index is 1.39. The van der Waals surface area contributed by atoms with Crippen LogP contribution >= 0.6 is 23.2 Å². The van der Waals surface area contributed by atoms with Gasteiger partial charge in [-0.1, -0.05) is 23.2 Å². The average Bonchev–Trinajstić information content (AvgIpc) is 3.41. The average molecular weight is 613 g/mol. The smallest absolute Gasteiger partial charge is 0.255 e. The highest BCUT2D eigenvalue weighted by atomic mass is 35.5. The van der Waals surface area contributed by atoms with E-state index in [9.17, 15) is 18.8 Å². The Morgan fingerprint density at radius 2 is 1.48 bits per heavy atom.